The Labute approximate surface area is 129 Å². The number of carboxylic acid groups (broad SMARTS) is 1. The first-order valence-electron chi connectivity index (χ1n) is 6.95. The highest BCUT2D eigenvalue weighted by atomic mass is 16.4. The number of amides is 1. The van der Waals surface area contributed by atoms with Gasteiger partial charge in [-0.2, -0.15) is 0 Å². The van der Waals surface area contributed by atoms with Crippen LogP contribution in [0.4, 0.5) is 0 Å². The van der Waals surface area contributed by atoms with E-state index < -0.39 is 5.97 Å². The largest absolute Gasteiger partial charge is 0.478 e. The second-order valence-electron chi connectivity index (χ2n) is 5.42. The van der Waals surface area contributed by atoms with Crippen LogP contribution in [0.25, 0.3) is 0 Å². The van der Waals surface area contributed by atoms with Gasteiger partial charge in [-0.3, -0.25) is 4.79 Å². The third kappa shape index (κ3) is 3.03. The Bertz CT molecular complexity index is 710. The van der Waals surface area contributed by atoms with Gasteiger partial charge in [0.1, 0.15) is 17.1 Å². The maximum absolute atomic E-state index is 12.6. The first kappa shape index (κ1) is 15.8. The van der Waals surface area contributed by atoms with Gasteiger partial charge in [-0.1, -0.05) is 18.2 Å². The van der Waals surface area contributed by atoms with E-state index in [9.17, 15) is 9.59 Å². The Kier molecular flexibility index (Phi) is 4.35. The molecule has 0 saturated heterocycles. The average molecular weight is 301 g/mol. The number of hydrogen-bond donors (Lipinski definition) is 1. The Morgan fingerprint density at radius 3 is 2.27 bits per heavy atom. The number of benzene rings is 1. The minimum atomic E-state index is -1.03. The molecule has 1 aromatic carbocycles. The van der Waals surface area contributed by atoms with Gasteiger partial charge in [-0.25, -0.2) is 4.79 Å². The molecular formula is C17H19NO4. The van der Waals surface area contributed by atoms with E-state index in [-0.39, 0.29) is 18.0 Å². The zero-order valence-electron chi connectivity index (χ0n) is 13.1. The third-order valence-corrected chi connectivity index (χ3v) is 3.63. The Morgan fingerprint density at radius 1 is 1.18 bits per heavy atom. The molecule has 0 aliphatic carbocycles. The molecule has 1 heterocycles. The number of nitrogens with zero attached hydrogens (tertiary/aromatic N) is 1. The molecular weight excluding hydrogens is 282 g/mol. The van der Waals surface area contributed by atoms with Crippen LogP contribution in [-0.2, 0) is 6.54 Å². The van der Waals surface area contributed by atoms with Crippen LogP contribution in [0.2, 0.25) is 0 Å². The number of furan rings is 1. The fourth-order valence-corrected chi connectivity index (χ4v) is 2.48. The van der Waals surface area contributed by atoms with Gasteiger partial charge < -0.3 is 14.4 Å². The van der Waals surface area contributed by atoms with E-state index in [2.05, 4.69) is 0 Å². The molecule has 0 bridgehead atoms. The molecule has 0 fully saturated rings. The molecule has 2 aromatic rings. The maximum atomic E-state index is 12.6. The summed E-state index contributed by atoms with van der Waals surface area (Å²) in [6, 6.07) is 7.17. The highest BCUT2D eigenvalue weighted by molar-refractivity contribution is 5.97. The first-order chi connectivity index (χ1) is 10.3. The molecule has 1 amide bonds. The van der Waals surface area contributed by atoms with Crippen LogP contribution in [0.3, 0.4) is 0 Å². The van der Waals surface area contributed by atoms with Crippen LogP contribution in [0.5, 0.6) is 0 Å². The predicted molar refractivity (Wildman–Crippen MR) is 82.1 cm³/mol. The smallest absolute Gasteiger partial charge is 0.339 e. The van der Waals surface area contributed by atoms with Crippen LogP contribution < -0.4 is 0 Å². The Morgan fingerprint density at radius 2 is 1.77 bits per heavy atom. The van der Waals surface area contributed by atoms with E-state index in [4.69, 9.17) is 9.52 Å². The topological polar surface area (TPSA) is 70.8 Å². The minimum absolute atomic E-state index is 0.110. The lowest BCUT2D eigenvalue weighted by Crippen LogP contribution is -2.27. The summed E-state index contributed by atoms with van der Waals surface area (Å²) in [5.74, 6) is -0.342. The molecule has 0 saturated carbocycles. The van der Waals surface area contributed by atoms with Gasteiger partial charge in [0.05, 0.1) is 6.54 Å². The zero-order chi connectivity index (χ0) is 16.4. The molecule has 5 nitrogen and oxygen atoms in total. The van der Waals surface area contributed by atoms with Crippen molar-refractivity contribution >= 4 is 11.9 Å². The highest BCUT2D eigenvalue weighted by Gasteiger charge is 2.19. The van der Waals surface area contributed by atoms with Crippen molar-refractivity contribution in [1.29, 1.82) is 0 Å². The molecule has 0 radical (unpaired) electrons. The number of aromatic carboxylic acids is 1. The molecule has 0 aliphatic rings. The summed E-state index contributed by atoms with van der Waals surface area (Å²) in [6.07, 6.45) is 0. The van der Waals surface area contributed by atoms with E-state index in [0.717, 1.165) is 11.1 Å². The number of aryl methyl sites for hydroxylation is 3. The van der Waals surface area contributed by atoms with Crippen molar-refractivity contribution in [3.8, 4) is 0 Å². The van der Waals surface area contributed by atoms with Gasteiger partial charge in [0.2, 0.25) is 0 Å². The SMILES string of the molecule is Cc1cccc(C)c1C(=O)N(C)Cc1cc(C(=O)O)c(C)o1. The number of carbonyl (C=O) groups is 2. The number of hydrogen-bond acceptors (Lipinski definition) is 3. The lowest BCUT2D eigenvalue weighted by atomic mass is 10.0. The van der Waals surface area contributed by atoms with Crippen LogP contribution in [0.15, 0.2) is 28.7 Å². The van der Waals surface area contributed by atoms with Gasteiger partial charge in [-0.05, 0) is 38.0 Å². The second kappa shape index (κ2) is 6.05. The van der Waals surface area contributed by atoms with E-state index >= 15 is 0 Å². The maximum Gasteiger partial charge on any atom is 0.339 e. The monoisotopic (exact) mass is 301 g/mol. The number of carbonyl (C=O) groups excluding carboxylic acids is 1. The number of rotatable bonds is 4. The molecule has 1 N–H and O–H groups in total. The Hall–Kier alpha value is -2.56. The predicted octanol–water partition coefficient (Wildman–Crippen LogP) is 3.18. The van der Waals surface area contributed by atoms with E-state index in [1.165, 1.54) is 11.0 Å². The molecule has 0 aliphatic heterocycles. The van der Waals surface area contributed by atoms with Crippen LogP contribution in [0, 0.1) is 20.8 Å². The van der Waals surface area contributed by atoms with E-state index in [1.807, 2.05) is 32.0 Å². The summed E-state index contributed by atoms with van der Waals surface area (Å²) in [5, 5.41) is 9.03. The molecule has 1 aromatic heterocycles. The molecule has 116 valence electrons. The van der Waals surface area contributed by atoms with Crippen molar-refractivity contribution in [3.63, 3.8) is 0 Å². The van der Waals surface area contributed by atoms with Crippen LogP contribution in [-0.4, -0.2) is 28.9 Å². The minimum Gasteiger partial charge on any atom is -0.478 e. The normalized spacial score (nSPS) is 10.5. The standard InChI is InChI=1S/C17H19NO4/c1-10-6-5-7-11(2)15(10)16(19)18(4)9-13-8-14(17(20)21)12(3)22-13/h5-8H,9H2,1-4H3,(H,20,21). The molecule has 2 rings (SSSR count). The average Bonchev–Trinajstić information content (AvgIpc) is 2.79. The molecule has 22 heavy (non-hydrogen) atoms. The summed E-state index contributed by atoms with van der Waals surface area (Å²) in [5.41, 5.74) is 2.63. The van der Waals surface area contributed by atoms with Crippen molar-refractivity contribution in [3.05, 3.63) is 58.0 Å². The fraction of sp³-hybridized carbons (Fsp3) is 0.294. The van der Waals surface area contributed by atoms with Gasteiger partial charge in [-0.15, -0.1) is 0 Å². The van der Waals surface area contributed by atoms with Crippen molar-refractivity contribution in [1.82, 2.24) is 4.90 Å². The zero-order valence-corrected chi connectivity index (χ0v) is 13.1. The van der Waals surface area contributed by atoms with Gasteiger partial charge in [0, 0.05) is 12.6 Å². The summed E-state index contributed by atoms with van der Waals surface area (Å²) < 4.78 is 5.42. The van der Waals surface area contributed by atoms with Crippen molar-refractivity contribution in [2.75, 3.05) is 7.05 Å². The fourth-order valence-electron chi connectivity index (χ4n) is 2.48. The van der Waals surface area contributed by atoms with Crippen LogP contribution in [0.1, 0.15) is 43.4 Å². The van der Waals surface area contributed by atoms with Crippen molar-refractivity contribution in [2.24, 2.45) is 0 Å². The number of carboxylic acids is 1. The summed E-state index contributed by atoms with van der Waals surface area (Å²) in [6.45, 7) is 5.61. The molecule has 0 atom stereocenters. The second-order valence-corrected chi connectivity index (χ2v) is 5.42. The summed E-state index contributed by atoms with van der Waals surface area (Å²) in [4.78, 5) is 25.1. The highest BCUT2D eigenvalue weighted by Crippen LogP contribution is 2.19. The summed E-state index contributed by atoms with van der Waals surface area (Å²) in [7, 11) is 1.67. The molecule has 5 heteroatoms. The Balaban J connectivity index is 2.22. The molecule has 0 unspecified atom stereocenters. The third-order valence-electron chi connectivity index (χ3n) is 3.63. The van der Waals surface area contributed by atoms with E-state index in [1.54, 1.807) is 14.0 Å². The lowest BCUT2D eigenvalue weighted by Gasteiger charge is -2.18. The van der Waals surface area contributed by atoms with Gasteiger partial charge in [0.25, 0.3) is 5.91 Å². The first-order valence-corrected chi connectivity index (χ1v) is 6.95. The van der Waals surface area contributed by atoms with Crippen LogP contribution >= 0.6 is 0 Å². The van der Waals surface area contributed by atoms with E-state index in [0.29, 0.717) is 17.1 Å². The van der Waals surface area contributed by atoms with Gasteiger partial charge in [0.15, 0.2) is 0 Å². The van der Waals surface area contributed by atoms with Gasteiger partial charge >= 0.3 is 5.97 Å². The van der Waals surface area contributed by atoms with Crippen molar-refractivity contribution < 1.29 is 19.1 Å². The summed E-state index contributed by atoms with van der Waals surface area (Å²) >= 11 is 0. The van der Waals surface area contributed by atoms with Crippen molar-refractivity contribution in [2.45, 2.75) is 27.3 Å². The molecule has 0 spiro atoms. The lowest BCUT2D eigenvalue weighted by molar-refractivity contribution is 0.0694. The quantitative estimate of drug-likeness (QED) is 0.941.